The second kappa shape index (κ2) is 20.6. The first kappa shape index (κ1) is 26.9. The van der Waals surface area contributed by atoms with E-state index in [-0.39, 0.29) is 5.91 Å². The van der Waals surface area contributed by atoms with Crippen LogP contribution in [-0.4, -0.2) is 29.6 Å². The van der Waals surface area contributed by atoms with E-state index in [1.165, 1.54) is 83.5 Å². The fraction of sp³-hybridized carbons (Fsp3) is 0.913. The van der Waals surface area contributed by atoms with Crippen LogP contribution in [0.4, 0.5) is 0 Å². The molecule has 0 aliphatic rings. The predicted octanol–water partition coefficient (Wildman–Crippen LogP) is 5.56. The summed E-state index contributed by atoms with van der Waals surface area (Å²) in [7, 11) is 0. The molecule has 0 saturated carbocycles. The number of carbonyl (C=O) groups excluding carboxylic acids is 1. The quantitative estimate of drug-likeness (QED) is 0.221. The third-order valence-electron chi connectivity index (χ3n) is 5.34. The van der Waals surface area contributed by atoms with Crippen molar-refractivity contribution < 1.29 is 14.7 Å². The lowest BCUT2D eigenvalue weighted by atomic mass is 10.0. The first-order chi connectivity index (χ1) is 13.6. The number of carboxylic acids is 1. The molecule has 0 aromatic rings. The maximum absolute atomic E-state index is 11.8. The number of amides is 1. The van der Waals surface area contributed by atoms with Crippen molar-refractivity contribution in [3.8, 4) is 0 Å². The van der Waals surface area contributed by atoms with Gasteiger partial charge in [-0.3, -0.25) is 4.79 Å². The van der Waals surface area contributed by atoms with Crippen molar-refractivity contribution in [2.45, 2.75) is 129 Å². The Bertz CT molecular complexity index is 375. The lowest BCUT2D eigenvalue weighted by Crippen LogP contribution is -2.40. The first-order valence-corrected chi connectivity index (χ1v) is 11.8. The molecule has 1 atom stereocenters. The zero-order valence-corrected chi connectivity index (χ0v) is 18.4. The van der Waals surface area contributed by atoms with E-state index in [0.717, 1.165) is 12.8 Å². The van der Waals surface area contributed by atoms with E-state index >= 15 is 0 Å². The highest BCUT2D eigenvalue weighted by Gasteiger charge is 2.18. The lowest BCUT2D eigenvalue weighted by Gasteiger charge is -2.13. The van der Waals surface area contributed by atoms with Gasteiger partial charge in [0.25, 0.3) is 0 Å². The maximum Gasteiger partial charge on any atom is 0.326 e. The molecular weight excluding hydrogens is 352 g/mol. The normalized spacial score (nSPS) is 12.1. The second-order valence-electron chi connectivity index (χ2n) is 8.09. The Morgan fingerprint density at radius 1 is 0.750 bits per heavy atom. The highest BCUT2D eigenvalue weighted by atomic mass is 16.4. The number of unbranched alkanes of at least 4 members (excludes halogenated alkanes) is 14. The Kier molecular flexibility index (Phi) is 19.8. The maximum atomic E-state index is 11.8. The number of nitrogens with one attached hydrogen (secondary N) is 1. The highest BCUT2D eigenvalue weighted by molar-refractivity contribution is 5.83. The average molecular weight is 399 g/mol. The van der Waals surface area contributed by atoms with Crippen LogP contribution in [0, 0.1) is 0 Å². The molecule has 1 amide bonds. The van der Waals surface area contributed by atoms with Crippen LogP contribution in [0.1, 0.15) is 122 Å². The minimum Gasteiger partial charge on any atom is -0.480 e. The molecule has 0 bridgehead atoms. The van der Waals surface area contributed by atoms with Gasteiger partial charge in [0.15, 0.2) is 0 Å². The van der Waals surface area contributed by atoms with Gasteiger partial charge in [-0.1, -0.05) is 96.8 Å². The first-order valence-electron chi connectivity index (χ1n) is 11.8. The Morgan fingerprint density at radius 3 is 1.57 bits per heavy atom. The van der Waals surface area contributed by atoms with Crippen LogP contribution in [0.2, 0.25) is 0 Å². The second-order valence-corrected chi connectivity index (χ2v) is 8.09. The molecule has 0 heterocycles. The zero-order valence-electron chi connectivity index (χ0n) is 18.4. The number of hydrogen-bond acceptors (Lipinski definition) is 3. The van der Waals surface area contributed by atoms with Gasteiger partial charge in [-0.25, -0.2) is 4.79 Å². The number of rotatable bonds is 21. The average Bonchev–Trinajstić information content (AvgIpc) is 2.67. The molecule has 0 saturated heterocycles. The van der Waals surface area contributed by atoms with Crippen molar-refractivity contribution in [3.63, 3.8) is 0 Å². The summed E-state index contributed by atoms with van der Waals surface area (Å²) in [5.74, 6) is -1.13. The fourth-order valence-electron chi connectivity index (χ4n) is 3.50. The number of hydrogen-bond donors (Lipinski definition) is 3. The van der Waals surface area contributed by atoms with Crippen molar-refractivity contribution in [1.29, 1.82) is 0 Å². The SMILES string of the molecule is CCCCCCCCCCCCCCCCCC(=O)N[C@H](CCCN)C(=O)O. The standard InChI is InChI=1S/C23H46N2O3/c1-2-3-4-5-6-7-8-9-10-11-12-13-14-15-16-19-22(26)25-21(23(27)28)18-17-20-24/h21H,2-20,24H2,1H3,(H,25,26)(H,27,28)/t21-/m1/s1. The van der Waals surface area contributed by atoms with Crippen LogP contribution in [0.5, 0.6) is 0 Å². The molecule has 0 rings (SSSR count). The van der Waals surface area contributed by atoms with Crippen molar-refractivity contribution in [3.05, 3.63) is 0 Å². The van der Waals surface area contributed by atoms with E-state index in [1.54, 1.807) is 0 Å². The third kappa shape index (κ3) is 18.3. The van der Waals surface area contributed by atoms with Crippen LogP contribution >= 0.6 is 0 Å². The molecule has 0 aromatic heterocycles. The van der Waals surface area contributed by atoms with Crippen LogP contribution in [0.15, 0.2) is 0 Å². The van der Waals surface area contributed by atoms with E-state index in [1.807, 2.05) is 0 Å². The van der Waals surface area contributed by atoms with Gasteiger partial charge < -0.3 is 16.2 Å². The largest absolute Gasteiger partial charge is 0.480 e. The van der Waals surface area contributed by atoms with Gasteiger partial charge in [-0.2, -0.15) is 0 Å². The summed E-state index contributed by atoms with van der Waals surface area (Å²) < 4.78 is 0. The van der Waals surface area contributed by atoms with Gasteiger partial charge >= 0.3 is 5.97 Å². The molecule has 0 spiro atoms. The fourth-order valence-corrected chi connectivity index (χ4v) is 3.50. The van der Waals surface area contributed by atoms with E-state index in [9.17, 15) is 9.59 Å². The van der Waals surface area contributed by atoms with E-state index in [0.29, 0.717) is 25.8 Å². The molecule has 0 radical (unpaired) electrons. The molecule has 0 aromatic carbocycles. The van der Waals surface area contributed by atoms with Crippen molar-refractivity contribution in [1.82, 2.24) is 5.32 Å². The molecular formula is C23H46N2O3. The smallest absolute Gasteiger partial charge is 0.326 e. The Balaban J connectivity index is 3.38. The van der Waals surface area contributed by atoms with Gasteiger partial charge in [0.1, 0.15) is 6.04 Å². The molecule has 0 aliphatic heterocycles. The lowest BCUT2D eigenvalue weighted by molar-refractivity contribution is -0.142. The van der Waals surface area contributed by atoms with E-state index in [4.69, 9.17) is 10.8 Å². The number of carboxylic acid groups (broad SMARTS) is 1. The third-order valence-corrected chi connectivity index (χ3v) is 5.34. The summed E-state index contributed by atoms with van der Waals surface area (Å²) in [5, 5.41) is 11.7. The van der Waals surface area contributed by atoms with Crippen LogP contribution in [0.3, 0.4) is 0 Å². The highest BCUT2D eigenvalue weighted by Crippen LogP contribution is 2.13. The molecule has 28 heavy (non-hydrogen) atoms. The van der Waals surface area contributed by atoms with Crippen molar-refractivity contribution in [2.24, 2.45) is 5.73 Å². The Morgan fingerprint density at radius 2 is 1.18 bits per heavy atom. The Labute approximate surface area is 173 Å². The summed E-state index contributed by atoms with van der Waals surface area (Å²) in [6.07, 6.45) is 20.8. The van der Waals surface area contributed by atoms with Gasteiger partial charge in [0.2, 0.25) is 5.91 Å². The molecule has 4 N–H and O–H groups in total. The topological polar surface area (TPSA) is 92.4 Å². The van der Waals surface area contributed by atoms with Crippen LogP contribution in [0.25, 0.3) is 0 Å². The number of nitrogens with two attached hydrogens (primary N) is 1. The summed E-state index contributed by atoms with van der Waals surface area (Å²) in [5.41, 5.74) is 5.40. The summed E-state index contributed by atoms with van der Waals surface area (Å²) >= 11 is 0. The Hall–Kier alpha value is -1.10. The molecule has 0 aliphatic carbocycles. The van der Waals surface area contributed by atoms with Crippen molar-refractivity contribution >= 4 is 11.9 Å². The monoisotopic (exact) mass is 398 g/mol. The molecule has 5 heteroatoms. The predicted molar refractivity (Wildman–Crippen MR) is 117 cm³/mol. The van der Waals surface area contributed by atoms with Crippen molar-refractivity contribution in [2.75, 3.05) is 6.54 Å². The van der Waals surface area contributed by atoms with Gasteiger partial charge in [0.05, 0.1) is 0 Å². The summed E-state index contributed by atoms with van der Waals surface area (Å²) in [6, 6.07) is -0.799. The molecule has 166 valence electrons. The summed E-state index contributed by atoms with van der Waals surface area (Å²) in [4.78, 5) is 22.9. The van der Waals surface area contributed by atoms with E-state index < -0.39 is 12.0 Å². The molecule has 0 unspecified atom stereocenters. The van der Waals surface area contributed by atoms with Gasteiger partial charge in [0, 0.05) is 6.42 Å². The van der Waals surface area contributed by atoms with E-state index in [2.05, 4.69) is 12.2 Å². The van der Waals surface area contributed by atoms with Gasteiger partial charge in [-0.15, -0.1) is 0 Å². The number of carbonyl (C=O) groups is 2. The van der Waals surface area contributed by atoms with Gasteiger partial charge in [-0.05, 0) is 25.8 Å². The summed E-state index contributed by atoms with van der Waals surface area (Å²) in [6.45, 7) is 2.71. The zero-order chi connectivity index (χ0) is 20.9. The number of aliphatic carboxylic acids is 1. The minimum absolute atomic E-state index is 0.154. The van der Waals surface area contributed by atoms with Crippen LogP contribution < -0.4 is 11.1 Å². The minimum atomic E-state index is -0.974. The molecule has 0 fully saturated rings. The van der Waals surface area contributed by atoms with Crippen LogP contribution in [-0.2, 0) is 9.59 Å². The molecule has 5 nitrogen and oxygen atoms in total.